The third-order valence-electron chi connectivity index (χ3n) is 6.90. The highest BCUT2D eigenvalue weighted by Crippen LogP contribution is 2.34. The Bertz CT molecular complexity index is 1200. The summed E-state index contributed by atoms with van der Waals surface area (Å²) in [7, 11) is 1.62. The van der Waals surface area contributed by atoms with Crippen LogP contribution < -0.4 is 25.4 Å². The third kappa shape index (κ3) is 4.58. The van der Waals surface area contributed by atoms with E-state index in [0.717, 1.165) is 24.4 Å². The molecule has 2 aromatic rings. The second-order valence-electron chi connectivity index (χ2n) is 9.08. The van der Waals surface area contributed by atoms with Gasteiger partial charge in [-0.2, -0.15) is 0 Å². The van der Waals surface area contributed by atoms with Crippen molar-refractivity contribution in [3.63, 3.8) is 0 Å². The summed E-state index contributed by atoms with van der Waals surface area (Å²) in [6.45, 7) is 1.38. The van der Waals surface area contributed by atoms with Gasteiger partial charge in [-0.25, -0.2) is 5.01 Å². The normalized spacial score (nSPS) is 23.7. The number of carbonyl (C=O) groups is 3. The molecule has 2 heterocycles. The number of ether oxygens (including phenoxy) is 1. The van der Waals surface area contributed by atoms with E-state index in [9.17, 15) is 14.4 Å². The van der Waals surface area contributed by atoms with E-state index in [2.05, 4.69) is 15.6 Å². The Kier molecular flexibility index (Phi) is 6.38. The van der Waals surface area contributed by atoms with Gasteiger partial charge in [0.25, 0.3) is 5.91 Å². The SMILES string of the molecule is COc1ccc(Cl)cc1N1CC[C@H](NC(=O)c2cccc(N3NC(=O)[C@@H]4CC=CC[C@@H]4C3=O)c2)C1. The number of nitrogens with one attached hydrogen (secondary N) is 2. The van der Waals surface area contributed by atoms with Gasteiger partial charge in [0.05, 0.1) is 30.3 Å². The van der Waals surface area contributed by atoms with E-state index >= 15 is 0 Å². The first kappa shape index (κ1) is 23.2. The highest BCUT2D eigenvalue weighted by molar-refractivity contribution is 6.31. The summed E-state index contributed by atoms with van der Waals surface area (Å²) in [5.41, 5.74) is 4.51. The zero-order valence-corrected chi connectivity index (χ0v) is 20.1. The summed E-state index contributed by atoms with van der Waals surface area (Å²) in [5.74, 6) is -0.531. The molecule has 182 valence electrons. The summed E-state index contributed by atoms with van der Waals surface area (Å²) in [4.78, 5) is 40.8. The molecule has 2 saturated heterocycles. The number of hydrazine groups is 1. The monoisotopic (exact) mass is 494 g/mol. The molecular weight excluding hydrogens is 468 g/mol. The lowest BCUT2D eigenvalue weighted by Crippen LogP contribution is -2.59. The van der Waals surface area contributed by atoms with Crippen LogP contribution in [0.3, 0.4) is 0 Å². The van der Waals surface area contributed by atoms with Crippen LogP contribution >= 0.6 is 11.6 Å². The van der Waals surface area contributed by atoms with Crippen molar-refractivity contribution in [2.45, 2.75) is 25.3 Å². The number of allylic oxidation sites excluding steroid dienone is 2. The number of hydrogen-bond acceptors (Lipinski definition) is 5. The van der Waals surface area contributed by atoms with Gasteiger partial charge in [0.1, 0.15) is 5.75 Å². The number of rotatable bonds is 5. The number of anilines is 2. The van der Waals surface area contributed by atoms with E-state index in [0.29, 0.717) is 35.7 Å². The average molecular weight is 495 g/mol. The molecule has 5 rings (SSSR count). The van der Waals surface area contributed by atoms with Crippen molar-refractivity contribution in [2.75, 3.05) is 30.1 Å². The molecule has 0 saturated carbocycles. The zero-order valence-electron chi connectivity index (χ0n) is 19.4. The second kappa shape index (κ2) is 9.62. The standard InChI is InChI=1S/C26H27ClN4O4/c1-35-23-10-9-17(27)14-22(23)30-12-11-18(15-30)28-24(32)16-5-4-6-19(13-16)31-26(34)21-8-3-2-7-20(21)25(33)29-31/h2-6,9-10,13-14,18,20-21H,7-8,11-12,15H2,1H3,(H,28,32)(H,29,33)/t18-,20+,21-/m0/s1. The molecular formula is C26H27ClN4O4. The number of methoxy groups -OCH3 is 1. The molecule has 0 radical (unpaired) electrons. The number of hydrogen-bond donors (Lipinski definition) is 2. The predicted octanol–water partition coefficient (Wildman–Crippen LogP) is 3.32. The summed E-state index contributed by atoms with van der Waals surface area (Å²) in [6, 6.07) is 12.2. The van der Waals surface area contributed by atoms with E-state index in [1.165, 1.54) is 5.01 Å². The van der Waals surface area contributed by atoms with Gasteiger partial charge in [0.2, 0.25) is 11.8 Å². The number of amides is 3. The van der Waals surface area contributed by atoms with Crippen molar-refractivity contribution in [1.82, 2.24) is 10.7 Å². The molecule has 2 N–H and O–H groups in total. The molecule has 0 spiro atoms. The molecule has 3 amide bonds. The quantitative estimate of drug-likeness (QED) is 0.622. The van der Waals surface area contributed by atoms with Crippen molar-refractivity contribution in [1.29, 1.82) is 0 Å². The minimum atomic E-state index is -0.376. The lowest BCUT2D eigenvalue weighted by molar-refractivity contribution is -0.139. The Morgan fingerprint density at radius 3 is 2.71 bits per heavy atom. The van der Waals surface area contributed by atoms with Crippen molar-refractivity contribution in [3.8, 4) is 5.75 Å². The van der Waals surface area contributed by atoms with Crippen LogP contribution in [0, 0.1) is 11.8 Å². The number of benzene rings is 2. The van der Waals surface area contributed by atoms with Gasteiger partial charge in [-0.15, -0.1) is 0 Å². The molecule has 0 aromatic heterocycles. The summed E-state index contributed by atoms with van der Waals surface area (Å²) < 4.78 is 5.47. The predicted molar refractivity (Wildman–Crippen MR) is 134 cm³/mol. The fourth-order valence-corrected chi connectivity index (χ4v) is 5.21. The van der Waals surface area contributed by atoms with E-state index in [1.54, 1.807) is 37.4 Å². The lowest BCUT2D eigenvalue weighted by atomic mass is 9.80. The molecule has 0 unspecified atom stereocenters. The van der Waals surface area contributed by atoms with Crippen LogP contribution in [0.2, 0.25) is 5.02 Å². The van der Waals surface area contributed by atoms with Crippen molar-refractivity contribution in [3.05, 3.63) is 65.2 Å². The van der Waals surface area contributed by atoms with E-state index < -0.39 is 0 Å². The minimum absolute atomic E-state index is 0.0547. The number of nitrogens with zero attached hydrogens (tertiary/aromatic N) is 2. The van der Waals surface area contributed by atoms with Crippen LogP contribution in [-0.2, 0) is 9.59 Å². The van der Waals surface area contributed by atoms with Crippen LogP contribution in [0.15, 0.2) is 54.6 Å². The maximum absolute atomic E-state index is 13.1. The van der Waals surface area contributed by atoms with Crippen LogP contribution in [0.1, 0.15) is 29.6 Å². The topological polar surface area (TPSA) is 91.0 Å². The van der Waals surface area contributed by atoms with E-state index in [4.69, 9.17) is 16.3 Å². The Morgan fingerprint density at radius 2 is 1.91 bits per heavy atom. The highest BCUT2D eigenvalue weighted by atomic mass is 35.5. The Labute approximate surface area is 208 Å². The number of halogens is 1. The Morgan fingerprint density at radius 1 is 1.11 bits per heavy atom. The average Bonchev–Trinajstić information content (AvgIpc) is 3.34. The molecule has 8 nitrogen and oxygen atoms in total. The number of fused-ring (bicyclic) bond motifs is 1. The van der Waals surface area contributed by atoms with Crippen molar-refractivity contribution < 1.29 is 19.1 Å². The van der Waals surface area contributed by atoms with Crippen LogP contribution in [-0.4, -0.2) is 44.0 Å². The van der Waals surface area contributed by atoms with Gasteiger partial charge in [-0.05, 0) is 55.7 Å². The second-order valence-corrected chi connectivity index (χ2v) is 9.51. The Balaban J connectivity index is 1.27. The van der Waals surface area contributed by atoms with Gasteiger partial charge < -0.3 is 15.0 Å². The van der Waals surface area contributed by atoms with Gasteiger partial charge in [0.15, 0.2) is 0 Å². The summed E-state index contributed by atoms with van der Waals surface area (Å²) in [5, 5.41) is 4.99. The maximum Gasteiger partial charge on any atom is 0.251 e. The van der Waals surface area contributed by atoms with Crippen LogP contribution in [0.25, 0.3) is 0 Å². The van der Waals surface area contributed by atoms with E-state index in [1.807, 2.05) is 24.3 Å². The Hall–Kier alpha value is -3.52. The molecule has 2 aromatic carbocycles. The molecule has 2 fully saturated rings. The molecule has 1 aliphatic carbocycles. The van der Waals surface area contributed by atoms with Gasteiger partial charge >= 0.3 is 0 Å². The smallest absolute Gasteiger partial charge is 0.251 e. The fourth-order valence-electron chi connectivity index (χ4n) is 5.04. The zero-order chi connectivity index (χ0) is 24.5. The fraction of sp³-hybridized carbons (Fsp3) is 0.346. The molecule has 35 heavy (non-hydrogen) atoms. The van der Waals surface area contributed by atoms with Gasteiger partial charge in [-0.3, -0.25) is 19.8 Å². The first-order valence-corrected chi connectivity index (χ1v) is 12.1. The van der Waals surface area contributed by atoms with E-state index in [-0.39, 0.29) is 35.6 Å². The molecule has 0 bridgehead atoms. The largest absolute Gasteiger partial charge is 0.495 e. The van der Waals surface area contributed by atoms with Gasteiger partial charge in [0, 0.05) is 29.7 Å². The van der Waals surface area contributed by atoms with Crippen LogP contribution in [0.4, 0.5) is 11.4 Å². The lowest BCUT2D eigenvalue weighted by Gasteiger charge is -2.38. The number of carbonyl (C=O) groups excluding carboxylic acids is 3. The molecule has 9 heteroatoms. The van der Waals surface area contributed by atoms with Crippen LogP contribution in [0.5, 0.6) is 5.75 Å². The molecule has 3 atom stereocenters. The third-order valence-corrected chi connectivity index (χ3v) is 7.14. The maximum atomic E-state index is 13.1. The first-order chi connectivity index (χ1) is 16.9. The van der Waals surface area contributed by atoms with Crippen molar-refractivity contribution in [2.24, 2.45) is 11.8 Å². The first-order valence-electron chi connectivity index (χ1n) is 11.7. The summed E-state index contributed by atoms with van der Waals surface area (Å²) in [6.07, 6.45) is 5.78. The molecule has 3 aliphatic rings. The minimum Gasteiger partial charge on any atom is -0.495 e. The van der Waals surface area contributed by atoms with Gasteiger partial charge in [-0.1, -0.05) is 29.8 Å². The highest BCUT2D eigenvalue weighted by Gasteiger charge is 2.42. The van der Waals surface area contributed by atoms with Crippen molar-refractivity contribution >= 4 is 40.7 Å². The molecule has 2 aliphatic heterocycles. The summed E-state index contributed by atoms with van der Waals surface area (Å²) >= 11 is 6.18.